The third kappa shape index (κ3) is 4.99. The molecule has 4 heteroatoms. The number of ether oxygens (including phenoxy) is 1. The van der Waals surface area contributed by atoms with E-state index in [0.717, 1.165) is 16.8 Å². The minimum absolute atomic E-state index is 0.171. The Morgan fingerprint density at radius 1 is 0.960 bits per heavy atom. The van der Waals surface area contributed by atoms with Crippen molar-refractivity contribution in [3.63, 3.8) is 0 Å². The van der Waals surface area contributed by atoms with Crippen LogP contribution >= 0.6 is 11.6 Å². The van der Waals surface area contributed by atoms with Gasteiger partial charge in [0.05, 0.1) is 0 Å². The second-order valence-electron chi connectivity index (χ2n) is 6.83. The van der Waals surface area contributed by atoms with Crippen molar-refractivity contribution in [2.75, 3.05) is 5.32 Å². The zero-order valence-corrected chi connectivity index (χ0v) is 16.2. The summed E-state index contributed by atoms with van der Waals surface area (Å²) in [6.45, 7) is 10.2. The number of anilines is 1. The van der Waals surface area contributed by atoms with E-state index in [1.54, 1.807) is 31.2 Å². The number of hydrogen-bond acceptors (Lipinski definition) is 2. The molecule has 0 aliphatic rings. The Hall–Kier alpha value is -2.00. The lowest BCUT2D eigenvalue weighted by molar-refractivity contribution is -0.122. The van der Waals surface area contributed by atoms with Crippen LogP contribution in [0.5, 0.6) is 5.75 Å². The molecule has 2 rings (SSSR count). The Morgan fingerprint density at radius 3 is 2.04 bits per heavy atom. The van der Waals surface area contributed by atoms with Crippen LogP contribution in [0.4, 0.5) is 5.69 Å². The van der Waals surface area contributed by atoms with E-state index in [1.807, 2.05) is 6.07 Å². The zero-order valence-electron chi connectivity index (χ0n) is 15.5. The van der Waals surface area contributed by atoms with Crippen molar-refractivity contribution in [3.8, 4) is 5.75 Å². The summed E-state index contributed by atoms with van der Waals surface area (Å²) in [5, 5.41) is 3.66. The summed E-state index contributed by atoms with van der Waals surface area (Å²) in [6, 6.07) is 13.2. The lowest BCUT2D eigenvalue weighted by Gasteiger charge is -2.22. The number of rotatable bonds is 6. The monoisotopic (exact) mass is 359 g/mol. The van der Waals surface area contributed by atoms with E-state index in [2.05, 4.69) is 45.1 Å². The molecule has 2 aromatic carbocycles. The van der Waals surface area contributed by atoms with Crippen LogP contribution < -0.4 is 10.1 Å². The highest BCUT2D eigenvalue weighted by Gasteiger charge is 2.20. The molecule has 2 aromatic rings. The predicted molar refractivity (Wildman–Crippen MR) is 105 cm³/mol. The van der Waals surface area contributed by atoms with Crippen LogP contribution in [0.15, 0.2) is 42.5 Å². The van der Waals surface area contributed by atoms with Crippen LogP contribution in [0.3, 0.4) is 0 Å². The second-order valence-corrected chi connectivity index (χ2v) is 7.26. The summed E-state index contributed by atoms with van der Waals surface area (Å²) in [7, 11) is 0. The topological polar surface area (TPSA) is 38.3 Å². The van der Waals surface area contributed by atoms with Gasteiger partial charge in [0, 0.05) is 10.7 Å². The summed E-state index contributed by atoms with van der Waals surface area (Å²) in [6.07, 6.45) is -0.626. The van der Waals surface area contributed by atoms with Crippen molar-refractivity contribution < 1.29 is 9.53 Å². The number of para-hydroxylation sites is 1. The molecule has 1 amide bonds. The zero-order chi connectivity index (χ0) is 18.6. The van der Waals surface area contributed by atoms with Crippen molar-refractivity contribution in [2.24, 2.45) is 0 Å². The molecule has 0 aliphatic heterocycles. The number of carbonyl (C=O) groups is 1. The SMILES string of the molecule is CC(Oc1cccc(Cl)c1)C(=O)Nc1c(C(C)C)cccc1C(C)C. The summed E-state index contributed by atoms with van der Waals surface area (Å²) in [5.41, 5.74) is 3.17. The average Bonchev–Trinajstić information content (AvgIpc) is 2.54. The third-order valence-corrected chi connectivity index (χ3v) is 4.33. The lowest BCUT2D eigenvalue weighted by atomic mass is 9.92. The summed E-state index contributed by atoms with van der Waals surface area (Å²) in [5.74, 6) is 1.04. The van der Waals surface area contributed by atoms with E-state index in [4.69, 9.17) is 16.3 Å². The van der Waals surface area contributed by atoms with Gasteiger partial charge in [-0.2, -0.15) is 0 Å². The van der Waals surface area contributed by atoms with Crippen LogP contribution in [0, 0.1) is 0 Å². The molecule has 1 N–H and O–H groups in total. The van der Waals surface area contributed by atoms with Gasteiger partial charge in [-0.05, 0) is 48.1 Å². The summed E-state index contributed by atoms with van der Waals surface area (Å²) < 4.78 is 5.73. The molecule has 0 radical (unpaired) electrons. The first-order chi connectivity index (χ1) is 11.8. The molecular weight excluding hydrogens is 334 g/mol. The Kier molecular flexibility index (Phi) is 6.49. The third-order valence-electron chi connectivity index (χ3n) is 4.10. The Bertz CT molecular complexity index is 714. The molecular formula is C21H26ClNO2. The summed E-state index contributed by atoms with van der Waals surface area (Å²) in [4.78, 5) is 12.7. The largest absolute Gasteiger partial charge is 0.481 e. The Balaban J connectivity index is 2.21. The first-order valence-electron chi connectivity index (χ1n) is 8.65. The normalized spacial score (nSPS) is 12.3. The quantitative estimate of drug-likeness (QED) is 0.687. The first-order valence-corrected chi connectivity index (χ1v) is 9.03. The van der Waals surface area contributed by atoms with Gasteiger partial charge in [0.1, 0.15) is 5.75 Å². The van der Waals surface area contributed by atoms with Gasteiger partial charge >= 0.3 is 0 Å². The van der Waals surface area contributed by atoms with Gasteiger partial charge < -0.3 is 10.1 Å². The highest BCUT2D eigenvalue weighted by Crippen LogP contribution is 2.32. The number of nitrogens with one attached hydrogen (secondary N) is 1. The summed E-state index contributed by atoms with van der Waals surface area (Å²) >= 11 is 5.97. The van der Waals surface area contributed by atoms with Crippen LogP contribution in [0.1, 0.15) is 57.6 Å². The van der Waals surface area contributed by atoms with Crippen LogP contribution in [-0.4, -0.2) is 12.0 Å². The molecule has 134 valence electrons. The van der Waals surface area contributed by atoms with E-state index >= 15 is 0 Å². The highest BCUT2D eigenvalue weighted by atomic mass is 35.5. The fraction of sp³-hybridized carbons (Fsp3) is 0.381. The van der Waals surface area contributed by atoms with Gasteiger partial charge in [-0.15, -0.1) is 0 Å². The van der Waals surface area contributed by atoms with Crippen molar-refractivity contribution in [1.82, 2.24) is 0 Å². The Labute approximate surface area is 155 Å². The number of halogens is 1. The minimum Gasteiger partial charge on any atom is -0.481 e. The molecule has 1 atom stereocenters. The van der Waals surface area contributed by atoms with Crippen LogP contribution in [-0.2, 0) is 4.79 Å². The van der Waals surface area contributed by atoms with E-state index < -0.39 is 6.10 Å². The molecule has 0 heterocycles. The van der Waals surface area contributed by atoms with Gasteiger partial charge in [-0.1, -0.05) is 63.6 Å². The van der Waals surface area contributed by atoms with Gasteiger partial charge in [0.15, 0.2) is 6.10 Å². The first kappa shape index (κ1) is 19.3. The van der Waals surface area contributed by atoms with Gasteiger partial charge in [0.2, 0.25) is 0 Å². The maximum absolute atomic E-state index is 12.7. The fourth-order valence-electron chi connectivity index (χ4n) is 2.72. The lowest BCUT2D eigenvalue weighted by Crippen LogP contribution is -2.31. The van der Waals surface area contributed by atoms with Crippen molar-refractivity contribution in [3.05, 3.63) is 58.6 Å². The molecule has 0 fully saturated rings. The molecule has 0 aromatic heterocycles. The minimum atomic E-state index is -0.626. The van der Waals surface area contributed by atoms with E-state index in [9.17, 15) is 4.79 Å². The van der Waals surface area contributed by atoms with Gasteiger partial charge in [0.25, 0.3) is 5.91 Å². The van der Waals surface area contributed by atoms with E-state index in [-0.39, 0.29) is 5.91 Å². The van der Waals surface area contributed by atoms with Crippen LogP contribution in [0.25, 0.3) is 0 Å². The van der Waals surface area contributed by atoms with Gasteiger partial charge in [-0.3, -0.25) is 4.79 Å². The van der Waals surface area contributed by atoms with Gasteiger partial charge in [-0.25, -0.2) is 0 Å². The van der Waals surface area contributed by atoms with E-state index in [0.29, 0.717) is 22.6 Å². The molecule has 1 unspecified atom stereocenters. The number of carbonyl (C=O) groups excluding carboxylic acids is 1. The smallest absolute Gasteiger partial charge is 0.265 e. The van der Waals surface area contributed by atoms with Crippen molar-refractivity contribution in [2.45, 2.75) is 52.6 Å². The molecule has 0 saturated carbocycles. The number of benzene rings is 2. The maximum Gasteiger partial charge on any atom is 0.265 e. The van der Waals surface area contributed by atoms with E-state index in [1.165, 1.54) is 0 Å². The number of amides is 1. The molecule has 0 saturated heterocycles. The molecule has 0 spiro atoms. The second kappa shape index (κ2) is 8.39. The van der Waals surface area contributed by atoms with Crippen LogP contribution in [0.2, 0.25) is 5.02 Å². The molecule has 0 bridgehead atoms. The fourth-order valence-corrected chi connectivity index (χ4v) is 2.90. The molecule has 25 heavy (non-hydrogen) atoms. The van der Waals surface area contributed by atoms with Crippen molar-refractivity contribution >= 4 is 23.2 Å². The Morgan fingerprint density at radius 2 is 1.52 bits per heavy atom. The highest BCUT2D eigenvalue weighted by molar-refractivity contribution is 6.30. The predicted octanol–water partition coefficient (Wildman–Crippen LogP) is 5.99. The molecule has 3 nitrogen and oxygen atoms in total. The maximum atomic E-state index is 12.7. The average molecular weight is 360 g/mol. The number of hydrogen-bond donors (Lipinski definition) is 1. The standard InChI is InChI=1S/C21H26ClNO2/c1-13(2)18-10-7-11-19(14(3)4)20(18)23-21(24)15(5)25-17-9-6-8-16(22)12-17/h6-15H,1-5H3,(H,23,24). The van der Waals surface area contributed by atoms with Crippen molar-refractivity contribution in [1.29, 1.82) is 0 Å². The molecule has 0 aliphatic carbocycles.